The second-order valence-corrected chi connectivity index (χ2v) is 5.18. The second kappa shape index (κ2) is 5.63. The summed E-state index contributed by atoms with van der Waals surface area (Å²) >= 11 is 0. The first kappa shape index (κ1) is 13.1. The molecule has 1 aliphatic rings. The third kappa shape index (κ3) is 2.99. The van der Waals surface area contributed by atoms with Crippen LogP contribution in [-0.2, 0) is 6.54 Å². The number of ether oxygens (including phenoxy) is 1. The van der Waals surface area contributed by atoms with Gasteiger partial charge in [-0.25, -0.2) is 4.39 Å². The number of halogens is 1. The number of hydrogen-bond donors (Lipinski definition) is 1. The van der Waals surface area contributed by atoms with E-state index in [1.807, 2.05) is 43.4 Å². The Bertz CT molecular complexity index is 590. The van der Waals surface area contributed by atoms with Crippen LogP contribution in [0.3, 0.4) is 0 Å². The summed E-state index contributed by atoms with van der Waals surface area (Å²) in [4.78, 5) is 0. The fourth-order valence-electron chi connectivity index (χ4n) is 2.18. The lowest BCUT2D eigenvalue weighted by molar-refractivity contribution is 0.303. The van der Waals surface area contributed by atoms with Gasteiger partial charge in [0.05, 0.1) is 6.10 Å². The first-order valence-corrected chi connectivity index (χ1v) is 6.96. The molecule has 3 heteroatoms. The van der Waals surface area contributed by atoms with Crippen molar-refractivity contribution in [1.82, 2.24) is 5.32 Å². The zero-order valence-electron chi connectivity index (χ0n) is 11.5. The summed E-state index contributed by atoms with van der Waals surface area (Å²) in [7, 11) is 1.82. The Labute approximate surface area is 118 Å². The van der Waals surface area contributed by atoms with E-state index in [1.165, 1.54) is 6.07 Å². The van der Waals surface area contributed by atoms with Gasteiger partial charge in [0.2, 0.25) is 0 Å². The van der Waals surface area contributed by atoms with Gasteiger partial charge in [0, 0.05) is 12.1 Å². The fraction of sp³-hybridized carbons (Fsp3) is 0.294. The van der Waals surface area contributed by atoms with E-state index < -0.39 is 0 Å². The molecule has 0 atom stereocenters. The Morgan fingerprint density at radius 1 is 1.10 bits per heavy atom. The molecule has 2 aromatic rings. The van der Waals surface area contributed by atoms with Crippen LogP contribution in [0.2, 0.25) is 0 Å². The number of rotatable bonds is 5. The molecule has 1 N–H and O–H groups in total. The van der Waals surface area contributed by atoms with Crippen molar-refractivity contribution in [2.45, 2.75) is 25.5 Å². The topological polar surface area (TPSA) is 21.3 Å². The van der Waals surface area contributed by atoms with Crippen molar-refractivity contribution in [1.29, 1.82) is 0 Å². The van der Waals surface area contributed by atoms with E-state index in [-0.39, 0.29) is 5.82 Å². The minimum Gasteiger partial charge on any atom is -0.490 e. The van der Waals surface area contributed by atoms with E-state index in [0.29, 0.717) is 18.2 Å². The van der Waals surface area contributed by atoms with Crippen LogP contribution in [-0.4, -0.2) is 13.2 Å². The molecule has 20 heavy (non-hydrogen) atoms. The van der Waals surface area contributed by atoms with E-state index in [4.69, 9.17) is 4.74 Å². The average Bonchev–Trinajstić information content (AvgIpc) is 3.26. The molecule has 0 radical (unpaired) electrons. The Balaban J connectivity index is 1.82. The molecule has 2 aromatic carbocycles. The number of nitrogens with one attached hydrogen (secondary N) is 1. The van der Waals surface area contributed by atoms with Crippen molar-refractivity contribution in [2.24, 2.45) is 0 Å². The highest BCUT2D eigenvalue weighted by molar-refractivity contribution is 5.65. The molecule has 104 valence electrons. The van der Waals surface area contributed by atoms with Crippen molar-refractivity contribution in [3.8, 4) is 16.9 Å². The third-order valence-corrected chi connectivity index (χ3v) is 3.43. The van der Waals surface area contributed by atoms with Crippen LogP contribution < -0.4 is 10.1 Å². The van der Waals surface area contributed by atoms with Gasteiger partial charge in [-0.1, -0.05) is 18.2 Å². The molecule has 0 heterocycles. The first-order valence-electron chi connectivity index (χ1n) is 6.96. The SMILES string of the molecule is CNCc1cc(-c2ccc(OC3CC3)cc2)ccc1F. The van der Waals surface area contributed by atoms with Crippen molar-refractivity contribution in [3.63, 3.8) is 0 Å². The summed E-state index contributed by atoms with van der Waals surface area (Å²) in [6.07, 6.45) is 2.73. The molecule has 0 bridgehead atoms. The van der Waals surface area contributed by atoms with Crippen molar-refractivity contribution in [3.05, 3.63) is 53.8 Å². The van der Waals surface area contributed by atoms with Crippen LogP contribution in [0.1, 0.15) is 18.4 Å². The van der Waals surface area contributed by atoms with E-state index in [1.54, 1.807) is 0 Å². The smallest absolute Gasteiger partial charge is 0.127 e. The van der Waals surface area contributed by atoms with Crippen LogP contribution >= 0.6 is 0 Å². The van der Waals surface area contributed by atoms with Crippen LogP contribution in [0.4, 0.5) is 4.39 Å². The predicted octanol–water partition coefficient (Wildman–Crippen LogP) is 3.75. The predicted molar refractivity (Wildman–Crippen MR) is 78.2 cm³/mol. The van der Waals surface area contributed by atoms with Crippen molar-refractivity contribution < 1.29 is 9.13 Å². The van der Waals surface area contributed by atoms with Gasteiger partial charge in [0.15, 0.2) is 0 Å². The van der Waals surface area contributed by atoms with Crippen molar-refractivity contribution in [2.75, 3.05) is 7.05 Å². The molecule has 0 amide bonds. The van der Waals surface area contributed by atoms with Crippen molar-refractivity contribution >= 4 is 0 Å². The summed E-state index contributed by atoms with van der Waals surface area (Å²) in [5.41, 5.74) is 2.78. The van der Waals surface area contributed by atoms with Gasteiger partial charge in [-0.3, -0.25) is 0 Å². The van der Waals surface area contributed by atoms with Crippen LogP contribution in [0.25, 0.3) is 11.1 Å². The van der Waals surface area contributed by atoms with Gasteiger partial charge in [-0.2, -0.15) is 0 Å². The molecular formula is C17H18FNO. The lowest BCUT2D eigenvalue weighted by atomic mass is 10.0. The van der Waals surface area contributed by atoms with E-state index in [2.05, 4.69) is 5.32 Å². The molecule has 0 aromatic heterocycles. The Kier molecular flexibility index (Phi) is 3.70. The minimum absolute atomic E-state index is 0.170. The van der Waals surface area contributed by atoms with E-state index in [0.717, 1.165) is 29.7 Å². The Morgan fingerprint density at radius 3 is 2.45 bits per heavy atom. The average molecular weight is 271 g/mol. The number of hydrogen-bond acceptors (Lipinski definition) is 2. The van der Waals surface area contributed by atoms with Crippen LogP contribution in [0.15, 0.2) is 42.5 Å². The lowest BCUT2D eigenvalue weighted by Gasteiger charge is -2.08. The highest BCUT2D eigenvalue weighted by Gasteiger charge is 2.23. The minimum atomic E-state index is -0.170. The molecular weight excluding hydrogens is 253 g/mol. The first-order chi connectivity index (χ1) is 9.76. The summed E-state index contributed by atoms with van der Waals surface area (Å²) < 4.78 is 19.4. The molecule has 0 saturated heterocycles. The van der Waals surface area contributed by atoms with Gasteiger partial charge < -0.3 is 10.1 Å². The van der Waals surface area contributed by atoms with Gasteiger partial charge >= 0.3 is 0 Å². The van der Waals surface area contributed by atoms with Gasteiger partial charge in [-0.15, -0.1) is 0 Å². The fourth-order valence-corrected chi connectivity index (χ4v) is 2.18. The normalized spacial score (nSPS) is 14.3. The maximum absolute atomic E-state index is 13.6. The van der Waals surface area contributed by atoms with Gasteiger partial charge in [0.25, 0.3) is 0 Å². The molecule has 1 saturated carbocycles. The standard InChI is InChI=1S/C17H18FNO/c1-19-11-14-10-13(4-9-17(14)18)12-2-5-15(6-3-12)20-16-7-8-16/h2-6,9-10,16,19H,7-8,11H2,1H3. The van der Waals surface area contributed by atoms with E-state index >= 15 is 0 Å². The highest BCUT2D eigenvalue weighted by Crippen LogP contribution is 2.29. The maximum Gasteiger partial charge on any atom is 0.127 e. The second-order valence-electron chi connectivity index (χ2n) is 5.18. The highest BCUT2D eigenvalue weighted by atomic mass is 19.1. The van der Waals surface area contributed by atoms with Gasteiger partial charge in [-0.05, 0) is 55.3 Å². The third-order valence-electron chi connectivity index (χ3n) is 3.43. The zero-order valence-corrected chi connectivity index (χ0v) is 11.5. The molecule has 2 nitrogen and oxygen atoms in total. The molecule has 1 aliphatic carbocycles. The molecule has 3 rings (SSSR count). The molecule has 0 aliphatic heterocycles. The quantitative estimate of drug-likeness (QED) is 0.894. The summed E-state index contributed by atoms with van der Waals surface area (Å²) in [6, 6.07) is 13.2. The van der Waals surface area contributed by atoms with Crippen LogP contribution in [0.5, 0.6) is 5.75 Å². The van der Waals surface area contributed by atoms with E-state index in [9.17, 15) is 4.39 Å². The molecule has 0 unspecified atom stereocenters. The monoisotopic (exact) mass is 271 g/mol. The maximum atomic E-state index is 13.6. The summed E-state index contributed by atoms with van der Waals surface area (Å²) in [5, 5.41) is 2.98. The Morgan fingerprint density at radius 2 is 1.80 bits per heavy atom. The molecule has 1 fully saturated rings. The Hall–Kier alpha value is -1.87. The summed E-state index contributed by atoms with van der Waals surface area (Å²) in [6.45, 7) is 0.530. The molecule has 0 spiro atoms. The number of benzene rings is 2. The lowest BCUT2D eigenvalue weighted by Crippen LogP contribution is -2.07. The summed E-state index contributed by atoms with van der Waals surface area (Å²) in [5.74, 6) is 0.741. The largest absolute Gasteiger partial charge is 0.490 e. The van der Waals surface area contributed by atoms with Crippen LogP contribution in [0, 0.1) is 5.82 Å². The zero-order chi connectivity index (χ0) is 13.9. The van der Waals surface area contributed by atoms with Gasteiger partial charge in [0.1, 0.15) is 11.6 Å².